The molecule has 0 heterocycles. The van der Waals surface area contributed by atoms with E-state index < -0.39 is 29.5 Å². The van der Waals surface area contributed by atoms with Crippen LogP contribution in [-0.2, 0) is 9.59 Å². The lowest BCUT2D eigenvalue weighted by Crippen LogP contribution is -2.40. The van der Waals surface area contributed by atoms with Crippen LogP contribution in [0.15, 0.2) is 11.3 Å². The summed E-state index contributed by atoms with van der Waals surface area (Å²) in [4.78, 5) is 20.3. The monoisotopic (exact) mass is 249 g/mol. The van der Waals surface area contributed by atoms with Gasteiger partial charge in [0.15, 0.2) is 0 Å². The zero-order valence-corrected chi connectivity index (χ0v) is 7.66. The quantitative estimate of drug-likeness (QED) is 0.460. The molecule has 1 amide bonds. The van der Waals surface area contributed by atoms with Gasteiger partial charge in [-0.3, -0.25) is 9.59 Å². The smallest absolute Gasteiger partial charge is 0.314 e. The van der Waals surface area contributed by atoms with E-state index in [1.807, 2.05) is 0 Å². The highest BCUT2D eigenvalue weighted by Gasteiger charge is 2.44. The maximum atomic E-state index is 12.1. The Labute approximate surface area is 85.1 Å². The molecule has 0 rings (SSSR count). The van der Waals surface area contributed by atoms with Crippen molar-refractivity contribution in [1.82, 2.24) is 5.32 Å². The largest absolute Gasteiger partial charge is 0.471 e. The zero-order chi connectivity index (χ0) is 13.1. The third-order valence-corrected chi connectivity index (χ3v) is 1.35. The van der Waals surface area contributed by atoms with Gasteiger partial charge in [0.25, 0.3) is 0 Å². The Morgan fingerprint density at radius 3 is 1.75 bits per heavy atom. The van der Waals surface area contributed by atoms with Crippen LogP contribution in [0.2, 0.25) is 0 Å². The third kappa shape index (κ3) is 3.91. The Bertz CT molecular complexity index is 327. The predicted molar refractivity (Wildman–Crippen MR) is 39.0 cm³/mol. The highest BCUT2D eigenvalue weighted by molar-refractivity contribution is 5.85. The van der Waals surface area contributed by atoms with E-state index >= 15 is 0 Å². The Morgan fingerprint density at radius 1 is 1.06 bits per heavy atom. The molecule has 0 aliphatic rings. The summed E-state index contributed by atoms with van der Waals surface area (Å²) in [5.74, 6) is -2.79. The molecule has 16 heavy (non-hydrogen) atoms. The molecule has 0 spiro atoms. The summed E-state index contributed by atoms with van der Waals surface area (Å²) in [5, 5.41) is 0.607. The van der Waals surface area contributed by atoms with Crippen molar-refractivity contribution in [3.8, 4) is 0 Å². The van der Waals surface area contributed by atoms with Crippen LogP contribution in [0.3, 0.4) is 0 Å². The number of amides is 1. The van der Waals surface area contributed by atoms with E-state index in [1.54, 1.807) is 0 Å². The summed E-state index contributed by atoms with van der Waals surface area (Å²) in [6, 6.07) is 0. The minimum absolute atomic E-state index is 0.306. The lowest BCUT2D eigenvalue weighted by atomic mass is 10.2. The van der Waals surface area contributed by atoms with E-state index in [0.717, 1.165) is 0 Å². The van der Waals surface area contributed by atoms with Crippen molar-refractivity contribution < 1.29 is 35.9 Å². The fraction of sp³-hybridized carbons (Fsp3) is 0.429. The molecule has 0 saturated carbocycles. The van der Waals surface area contributed by atoms with E-state index in [2.05, 4.69) is 0 Å². The number of hydrogen-bond donors (Lipinski definition) is 1. The molecule has 0 atom stereocenters. The van der Waals surface area contributed by atoms with E-state index in [9.17, 15) is 35.9 Å². The number of carbonyl (C=O) groups is 2. The summed E-state index contributed by atoms with van der Waals surface area (Å²) >= 11 is 0. The van der Waals surface area contributed by atoms with Crippen LogP contribution in [0.4, 0.5) is 26.3 Å². The molecule has 0 aromatic rings. The second kappa shape index (κ2) is 4.54. The number of halogens is 6. The molecule has 3 nitrogen and oxygen atoms in total. The van der Waals surface area contributed by atoms with Crippen molar-refractivity contribution in [2.24, 2.45) is 0 Å². The van der Waals surface area contributed by atoms with Crippen LogP contribution in [0.5, 0.6) is 0 Å². The number of aldehydes is 1. The molecule has 1 N–H and O–H groups in total. The van der Waals surface area contributed by atoms with E-state index in [-0.39, 0.29) is 6.29 Å². The first-order chi connectivity index (χ1) is 7.00. The molecule has 0 saturated heterocycles. The molecule has 0 aromatic heterocycles. The molecule has 0 aliphatic heterocycles. The molecular formula is C7H5F6NO2. The molecule has 92 valence electrons. The minimum Gasteiger partial charge on any atom is -0.314 e. The maximum Gasteiger partial charge on any atom is 0.471 e. The van der Waals surface area contributed by atoms with Crippen molar-refractivity contribution in [2.45, 2.75) is 19.3 Å². The van der Waals surface area contributed by atoms with Gasteiger partial charge in [-0.25, -0.2) is 0 Å². The molecule has 0 radical (unpaired) electrons. The molecule has 0 unspecified atom stereocenters. The number of carbonyl (C=O) groups excluding carboxylic acids is 2. The van der Waals surface area contributed by atoms with E-state index in [1.165, 1.54) is 0 Å². The van der Waals surface area contributed by atoms with Crippen LogP contribution >= 0.6 is 0 Å². The van der Waals surface area contributed by atoms with Crippen molar-refractivity contribution in [3.63, 3.8) is 0 Å². The number of hydrogen-bond acceptors (Lipinski definition) is 2. The number of rotatable bonds is 2. The molecule has 0 bridgehead atoms. The number of allylic oxidation sites excluding steroid dienone is 2. The van der Waals surface area contributed by atoms with Gasteiger partial charge in [-0.05, 0) is 6.92 Å². The first-order valence-corrected chi connectivity index (χ1v) is 3.61. The maximum absolute atomic E-state index is 12.1. The molecule has 9 heteroatoms. The first-order valence-electron chi connectivity index (χ1n) is 3.61. The van der Waals surface area contributed by atoms with Gasteiger partial charge in [0.1, 0.15) is 12.0 Å². The highest BCUT2D eigenvalue weighted by Crippen LogP contribution is 2.27. The van der Waals surface area contributed by atoms with E-state index in [0.29, 0.717) is 12.2 Å². The van der Waals surface area contributed by atoms with Crippen LogP contribution in [0, 0.1) is 0 Å². The van der Waals surface area contributed by atoms with Crippen LogP contribution < -0.4 is 5.32 Å². The summed E-state index contributed by atoms with van der Waals surface area (Å²) in [6.07, 6.45) is -11.0. The highest BCUT2D eigenvalue weighted by atomic mass is 19.4. The average Bonchev–Trinajstić information content (AvgIpc) is 2.09. The van der Waals surface area contributed by atoms with Gasteiger partial charge in [-0.1, -0.05) is 0 Å². The van der Waals surface area contributed by atoms with Crippen molar-refractivity contribution in [2.75, 3.05) is 0 Å². The predicted octanol–water partition coefficient (Wildman–Crippen LogP) is 1.70. The Balaban J connectivity index is 5.16. The van der Waals surface area contributed by atoms with Gasteiger partial charge >= 0.3 is 18.3 Å². The van der Waals surface area contributed by atoms with Gasteiger partial charge in [0, 0.05) is 5.57 Å². The average molecular weight is 249 g/mol. The van der Waals surface area contributed by atoms with Crippen LogP contribution in [-0.4, -0.2) is 24.5 Å². The molecular weight excluding hydrogens is 244 g/mol. The lowest BCUT2D eigenvalue weighted by Gasteiger charge is -2.15. The Kier molecular flexibility index (Phi) is 4.10. The summed E-state index contributed by atoms with van der Waals surface area (Å²) in [7, 11) is 0. The van der Waals surface area contributed by atoms with Crippen LogP contribution in [0.1, 0.15) is 6.92 Å². The zero-order valence-electron chi connectivity index (χ0n) is 7.66. The summed E-state index contributed by atoms with van der Waals surface area (Å²) in [5.41, 5.74) is -3.07. The SMILES string of the molecule is CC(C=O)=C(NC(=O)C(F)(F)F)C(F)(F)F. The van der Waals surface area contributed by atoms with E-state index in [4.69, 9.17) is 0 Å². The summed E-state index contributed by atoms with van der Waals surface area (Å²) < 4.78 is 71.3. The molecule has 0 fully saturated rings. The topological polar surface area (TPSA) is 46.2 Å². The normalized spacial score (nSPS) is 14.2. The molecule has 0 aliphatic carbocycles. The van der Waals surface area contributed by atoms with Crippen molar-refractivity contribution in [3.05, 3.63) is 11.3 Å². The Morgan fingerprint density at radius 2 is 1.50 bits per heavy atom. The second-order valence-corrected chi connectivity index (χ2v) is 2.63. The second-order valence-electron chi connectivity index (χ2n) is 2.63. The van der Waals surface area contributed by atoms with Gasteiger partial charge in [0.05, 0.1) is 0 Å². The minimum atomic E-state index is -5.46. The fourth-order valence-electron chi connectivity index (χ4n) is 0.636. The van der Waals surface area contributed by atoms with Gasteiger partial charge in [-0.15, -0.1) is 0 Å². The number of alkyl halides is 6. The van der Waals surface area contributed by atoms with Gasteiger partial charge < -0.3 is 5.32 Å². The van der Waals surface area contributed by atoms with Gasteiger partial charge in [0.2, 0.25) is 0 Å². The third-order valence-electron chi connectivity index (χ3n) is 1.35. The molecule has 0 aromatic carbocycles. The first kappa shape index (κ1) is 14.5. The van der Waals surface area contributed by atoms with Crippen molar-refractivity contribution >= 4 is 12.2 Å². The number of nitrogens with one attached hydrogen (secondary N) is 1. The van der Waals surface area contributed by atoms with Crippen LogP contribution in [0.25, 0.3) is 0 Å². The van der Waals surface area contributed by atoms with Crippen molar-refractivity contribution in [1.29, 1.82) is 0 Å². The Hall–Kier alpha value is -1.54. The lowest BCUT2D eigenvalue weighted by molar-refractivity contribution is -0.175. The standard InChI is InChI=1S/C7H5F6NO2/c1-3(2-15)4(6(8,9)10)14-5(16)7(11,12)13/h2H,1H3,(H,14,16). The fourth-order valence-corrected chi connectivity index (χ4v) is 0.636. The summed E-state index contributed by atoms with van der Waals surface area (Å²) in [6.45, 7) is 0.631. The van der Waals surface area contributed by atoms with Gasteiger partial charge in [-0.2, -0.15) is 26.3 Å².